The number of benzene rings is 4. The molecule has 0 bridgehead atoms. The summed E-state index contributed by atoms with van der Waals surface area (Å²) in [6, 6.07) is 30.7. The summed E-state index contributed by atoms with van der Waals surface area (Å²) >= 11 is 7.52. The predicted molar refractivity (Wildman–Crippen MR) is 227 cm³/mol. The van der Waals surface area contributed by atoms with E-state index in [2.05, 4.69) is 16.7 Å². The molecular formula is C44H43ClN6O7S. The van der Waals surface area contributed by atoms with Gasteiger partial charge in [0, 0.05) is 60.1 Å². The Hall–Kier alpha value is -6.24. The van der Waals surface area contributed by atoms with Crippen LogP contribution in [0, 0.1) is 11.3 Å². The maximum absolute atomic E-state index is 13.6. The quantitative estimate of drug-likeness (QED) is 0.112. The van der Waals surface area contributed by atoms with E-state index in [1.54, 1.807) is 91.9 Å². The number of nitrogens with one attached hydrogen (secondary N) is 2. The lowest BCUT2D eigenvalue weighted by Gasteiger charge is -2.41. The van der Waals surface area contributed by atoms with E-state index in [0.29, 0.717) is 63.2 Å². The van der Waals surface area contributed by atoms with Gasteiger partial charge in [0.2, 0.25) is 11.8 Å². The third kappa shape index (κ3) is 9.24. The molecule has 0 aliphatic carbocycles. The Labute approximate surface area is 351 Å². The number of ether oxygens (including phenoxy) is 3. The molecule has 7 rings (SSSR count). The zero-order chi connectivity index (χ0) is 42.1. The summed E-state index contributed by atoms with van der Waals surface area (Å²) in [6.07, 6.45) is 0. The van der Waals surface area contributed by atoms with Crippen molar-refractivity contribution in [2.24, 2.45) is 0 Å². The van der Waals surface area contributed by atoms with Crippen LogP contribution in [0.15, 0.2) is 109 Å². The number of hydrogen-bond donors (Lipinski definition) is 3. The van der Waals surface area contributed by atoms with Gasteiger partial charge in [-0.1, -0.05) is 60.1 Å². The maximum atomic E-state index is 13.6. The SMILES string of the molecule is COCCN1C(=O)c2ccccc2C(C(=O)Nc2ccc(Cl)cc2N)C1c1cccs1.COCCN1C(=O)c2ccccc2C(C(=O)Nc2cccc(OC)c2)C1C#N. The fourth-order valence-electron chi connectivity index (χ4n) is 7.32. The number of thiophene rings is 1. The van der Waals surface area contributed by atoms with Crippen LogP contribution in [0.25, 0.3) is 0 Å². The van der Waals surface area contributed by atoms with Crippen molar-refractivity contribution in [3.05, 3.63) is 141 Å². The molecule has 4 amide bonds. The summed E-state index contributed by atoms with van der Waals surface area (Å²) in [6.45, 7) is 1.24. The summed E-state index contributed by atoms with van der Waals surface area (Å²) in [5, 5.41) is 18.0. The summed E-state index contributed by atoms with van der Waals surface area (Å²) in [5.74, 6) is -1.81. The number of rotatable bonds is 12. The lowest BCUT2D eigenvalue weighted by atomic mass is 9.81. The second kappa shape index (κ2) is 19.5. The molecule has 4 N–H and O–H groups in total. The Morgan fingerprint density at radius 3 is 2.02 bits per heavy atom. The average molecular weight is 835 g/mol. The minimum Gasteiger partial charge on any atom is -0.497 e. The van der Waals surface area contributed by atoms with E-state index < -0.39 is 23.9 Å². The molecule has 2 aliphatic heterocycles. The Morgan fingerprint density at radius 2 is 1.41 bits per heavy atom. The van der Waals surface area contributed by atoms with Crippen LogP contribution in [-0.4, -0.2) is 87.1 Å². The molecule has 0 saturated heterocycles. The molecule has 59 heavy (non-hydrogen) atoms. The molecule has 0 fully saturated rings. The number of carbonyl (C=O) groups excluding carboxylic acids is 4. The molecule has 0 spiro atoms. The second-order valence-corrected chi connectivity index (χ2v) is 15.0. The Balaban J connectivity index is 0.000000199. The molecule has 1 aromatic heterocycles. The van der Waals surface area contributed by atoms with Gasteiger partial charge in [-0.2, -0.15) is 5.26 Å². The van der Waals surface area contributed by atoms with Gasteiger partial charge in [0.1, 0.15) is 11.8 Å². The van der Waals surface area contributed by atoms with Gasteiger partial charge >= 0.3 is 0 Å². The van der Waals surface area contributed by atoms with Crippen molar-refractivity contribution >= 4 is 63.6 Å². The highest BCUT2D eigenvalue weighted by Gasteiger charge is 2.45. The average Bonchev–Trinajstić information content (AvgIpc) is 3.79. The first-order chi connectivity index (χ1) is 28.6. The van der Waals surface area contributed by atoms with Crippen molar-refractivity contribution in [1.82, 2.24) is 9.80 Å². The van der Waals surface area contributed by atoms with Gasteiger partial charge in [0.25, 0.3) is 11.8 Å². The first-order valence-electron chi connectivity index (χ1n) is 18.6. The van der Waals surface area contributed by atoms with Crippen LogP contribution < -0.4 is 21.1 Å². The number of fused-ring (bicyclic) bond motifs is 2. The van der Waals surface area contributed by atoms with Crippen molar-refractivity contribution in [3.63, 3.8) is 0 Å². The zero-order valence-corrected chi connectivity index (χ0v) is 34.2. The smallest absolute Gasteiger partial charge is 0.255 e. The Kier molecular flexibility index (Phi) is 14.0. The highest BCUT2D eigenvalue weighted by atomic mass is 35.5. The van der Waals surface area contributed by atoms with Crippen LogP contribution in [-0.2, 0) is 19.1 Å². The summed E-state index contributed by atoms with van der Waals surface area (Å²) in [4.78, 5) is 57.1. The van der Waals surface area contributed by atoms with Crippen molar-refractivity contribution in [2.75, 3.05) is 64.0 Å². The number of halogens is 1. The first kappa shape index (κ1) is 42.4. The fourth-order valence-corrected chi connectivity index (χ4v) is 8.37. The number of methoxy groups -OCH3 is 3. The summed E-state index contributed by atoms with van der Waals surface area (Å²) < 4.78 is 15.5. The summed E-state index contributed by atoms with van der Waals surface area (Å²) in [5.41, 5.74) is 9.68. The van der Waals surface area contributed by atoms with Crippen LogP contribution in [0.5, 0.6) is 5.75 Å². The molecule has 15 heteroatoms. The monoisotopic (exact) mass is 834 g/mol. The standard InChI is InChI=1S/C23H22ClN3O3S.C21H21N3O4/c1-30-11-10-27-21(19-7-4-12-31-19)20(15-5-2-3-6-16(15)23(27)29)22(28)26-18-9-8-14(24)13-17(18)25;1-27-11-10-24-18(13-22)19(16-8-3-4-9-17(16)21(24)26)20(25)23-14-6-5-7-15(12-14)28-2/h2-9,12-13,20-21H,10-11,25H2,1H3,(H,26,28);3-9,12,18-19H,10-11H2,1-2H3,(H,23,25). The lowest BCUT2D eigenvalue weighted by molar-refractivity contribution is -0.119. The number of anilines is 3. The Morgan fingerprint density at radius 1 is 0.780 bits per heavy atom. The van der Waals surface area contributed by atoms with Gasteiger partial charge < -0.3 is 40.4 Å². The van der Waals surface area contributed by atoms with E-state index >= 15 is 0 Å². The van der Waals surface area contributed by atoms with Crippen LogP contribution in [0.2, 0.25) is 5.02 Å². The van der Waals surface area contributed by atoms with Crippen molar-refractivity contribution in [2.45, 2.75) is 23.9 Å². The highest BCUT2D eigenvalue weighted by molar-refractivity contribution is 7.10. The van der Waals surface area contributed by atoms with E-state index in [4.69, 9.17) is 31.5 Å². The van der Waals surface area contributed by atoms with Crippen LogP contribution >= 0.6 is 22.9 Å². The number of hydrogen-bond acceptors (Lipinski definition) is 10. The summed E-state index contributed by atoms with van der Waals surface area (Å²) in [7, 11) is 4.66. The fraction of sp³-hybridized carbons (Fsp3) is 0.250. The third-order valence-corrected chi connectivity index (χ3v) is 11.3. The lowest BCUT2D eigenvalue weighted by Crippen LogP contribution is -2.51. The minimum absolute atomic E-state index is 0.110. The third-order valence-electron chi connectivity index (χ3n) is 10.1. The van der Waals surface area contributed by atoms with Crippen LogP contribution in [0.1, 0.15) is 54.6 Å². The van der Waals surface area contributed by atoms with Gasteiger partial charge in [-0.25, -0.2) is 0 Å². The van der Waals surface area contributed by atoms with Gasteiger partial charge in [-0.3, -0.25) is 19.2 Å². The first-order valence-corrected chi connectivity index (χ1v) is 19.9. The molecule has 5 aromatic rings. The van der Waals surface area contributed by atoms with Gasteiger partial charge in [-0.05, 0) is 65.0 Å². The topological polar surface area (TPSA) is 176 Å². The van der Waals surface area contributed by atoms with Gasteiger partial charge in [0.05, 0.1) is 55.6 Å². The van der Waals surface area contributed by atoms with Gasteiger partial charge in [-0.15, -0.1) is 11.3 Å². The Bertz CT molecular complexity index is 2350. The van der Waals surface area contributed by atoms with E-state index in [-0.39, 0.29) is 36.8 Å². The molecule has 4 aromatic carbocycles. The molecule has 304 valence electrons. The molecule has 13 nitrogen and oxygen atoms in total. The molecule has 3 heterocycles. The van der Waals surface area contributed by atoms with Crippen molar-refractivity contribution < 1.29 is 33.4 Å². The molecule has 4 atom stereocenters. The maximum Gasteiger partial charge on any atom is 0.255 e. The number of nitrogens with two attached hydrogens (primary N) is 1. The van der Waals surface area contributed by atoms with Crippen molar-refractivity contribution in [1.29, 1.82) is 5.26 Å². The van der Waals surface area contributed by atoms with E-state index in [9.17, 15) is 24.4 Å². The predicted octanol–water partition coefficient (Wildman–Crippen LogP) is 6.96. The zero-order valence-electron chi connectivity index (χ0n) is 32.6. The largest absolute Gasteiger partial charge is 0.497 e. The van der Waals surface area contributed by atoms with Crippen LogP contribution in [0.4, 0.5) is 17.1 Å². The number of nitrogen functional groups attached to an aromatic ring is 1. The number of amides is 4. The molecule has 4 unspecified atom stereocenters. The van der Waals surface area contributed by atoms with Crippen LogP contribution in [0.3, 0.4) is 0 Å². The van der Waals surface area contributed by atoms with E-state index in [0.717, 1.165) is 4.88 Å². The molecule has 2 aliphatic rings. The van der Waals surface area contributed by atoms with E-state index in [1.165, 1.54) is 23.3 Å². The molecule has 0 saturated carbocycles. The van der Waals surface area contributed by atoms with Gasteiger partial charge in [0.15, 0.2) is 0 Å². The highest BCUT2D eigenvalue weighted by Crippen LogP contribution is 2.45. The molecular weight excluding hydrogens is 792 g/mol. The van der Waals surface area contributed by atoms with Crippen molar-refractivity contribution in [3.8, 4) is 11.8 Å². The normalized spacial score (nSPS) is 18.1. The molecule has 0 radical (unpaired) electrons. The number of carbonyl (C=O) groups is 4. The second-order valence-electron chi connectivity index (χ2n) is 13.6. The van der Waals surface area contributed by atoms with E-state index in [1.807, 2.05) is 35.7 Å². The number of nitriles is 1. The minimum atomic E-state index is -0.928. The number of nitrogens with zero attached hydrogens (tertiary/aromatic N) is 3.